The topological polar surface area (TPSA) is 60.9 Å². The van der Waals surface area contributed by atoms with E-state index < -0.39 is 10.0 Å². The highest BCUT2D eigenvalue weighted by atomic mass is 35.5. The van der Waals surface area contributed by atoms with Gasteiger partial charge in [-0.25, -0.2) is 13.2 Å². The monoisotopic (exact) mass is 453 g/mol. The minimum Gasteiger partial charge on any atom is -0.325 e. The number of rotatable bonds is 5. The third kappa shape index (κ3) is 5.09. The van der Waals surface area contributed by atoms with Gasteiger partial charge in [-0.1, -0.05) is 46.9 Å². The average Bonchev–Trinajstić information content (AvgIpc) is 2.68. The first kappa shape index (κ1) is 22.3. The van der Waals surface area contributed by atoms with Crippen molar-refractivity contribution in [2.24, 2.45) is 0 Å². The maximum absolute atomic E-state index is 12.9. The van der Waals surface area contributed by atoms with Crippen molar-refractivity contribution in [3.8, 4) is 0 Å². The number of hydrogen-bond donors (Lipinski definition) is 0. The van der Waals surface area contributed by atoms with Crippen LogP contribution in [0.4, 0.5) is 4.79 Å². The van der Waals surface area contributed by atoms with Crippen molar-refractivity contribution >= 4 is 55.9 Å². The molecule has 0 radical (unpaired) electrons. The minimum absolute atomic E-state index is 0.0623. The number of urea groups is 1. The van der Waals surface area contributed by atoms with Crippen LogP contribution in [0.2, 0.25) is 0 Å². The van der Waals surface area contributed by atoms with E-state index in [4.69, 9.17) is 34.8 Å². The number of nitrogens with zero attached hydrogens (tertiary/aromatic N) is 3. The predicted molar refractivity (Wildman–Crippen MR) is 110 cm³/mol. The molecular weight excluding hydrogens is 433 g/mol. The number of piperazine rings is 1. The van der Waals surface area contributed by atoms with Gasteiger partial charge in [0.15, 0.2) is 0 Å². The van der Waals surface area contributed by atoms with Crippen LogP contribution < -0.4 is 0 Å². The molecule has 0 spiro atoms. The standard InChI is InChI=1S/C17H22Cl3N3O3S/c1-3-21(4-2)17(24)22-8-10-23(11-9-22)27(25,26)14-7-5-6-13(12-14)15(18)16(19)20/h5-7,12H,3-4,8-11H2,1-2H3. The van der Waals surface area contributed by atoms with Crippen molar-refractivity contribution in [3.63, 3.8) is 0 Å². The van der Waals surface area contributed by atoms with Crippen LogP contribution in [0.5, 0.6) is 0 Å². The fraction of sp³-hybridized carbons (Fsp3) is 0.471. The molecule has 0 unspecified atom stereocenters. The lowest BCUT2D eigenvalue weighted by molar-refractivity contribution is 0.138. The van der Waals surface area contributed by atoms with E-state index in [1.165, 1.54) is 16.4 Å². The van der Waals surface area contributed by atoms with Gasteiger partial charge in [-0.2, -0.15) is 4.31 Å². The Kier molecular flexibility index (Phi) is 7.83. The van der Waals surface area contributed by atoms with Crippen LogP contribution in [0.25, 0.3) is 5.03 Å². The Morgan fingerprint density at radius 3 is 2.19 bits per heavy atom. The van der Waals surface area contributed by atoms with Gasteiger partial charge in [0.05, 0.1) is 9.93 Å². The largest absolute Gasteiger partial charge is 0.325 e. The third-order valence-electron chi connectivity index (χ3n) is 4.43. The SMILES string of the molecule is CCN(CC)C(=O)N1CCN(S(=O)(=O)c2cccc(C(Cl)=C(Cl)Cl)c2)CC1. The summed E-state index contributed by atoms with van der Waals surface area (Å²) in [6.07, 6.45) is 0. The Morgan fingerprint density at radius 1 is 1.07 bits per heavy atom. The molecule has 1 aliphatic rings. The summed E-state index contributed by atoms with van der Waals surface area (Å²) >= 11 is 17.4. The van der Waals surface area contributed by atoms with Crippen LogP contribution in [0, 0.1) is 0 Å². The third-order valence-corrected chi connectivity index (χ3v) is 7.31. The molecule has 1 aliphatic heterocycles. The molecule has 10 heteroatoms. The molecule has 0 bridgehead atoms. The highest BCUT2D eigenvalue weighted by molar-refractivity contribution is 7.89. The Morgan fingerprint density at radius 2 is 1.67 bits per heavy atom. The summed E-state index contributed by atoms with van der Waals surface area (Å²) in [6, 6.07) is 6.09. The molecule has 1 aromatic carbocycles. The zero-order chi connectivity index (χ0) is 20.2. The molecule has 1 aromatic rings. The quantitative estimate of drug-likeness (QED) is 0.680. The summed E-state index contributed by atoms with van der Waals surface area (Å²) in [5, 5.41) is 0.0880. The number of benzene rings is 1. The summed E-state index contributed by atoms with van der Waals surface area (Å²) in [6.45, 7) is 6.25. The first-order chi connectivity index (χ1) is 12.7. The Labute approximate surface area is 175 Å². The number of sulfonamides is 1. The van der Waals surface area contributed by atoms with Gasteiger partial charge >= 0.3 is 6.03 Å². The van der Waals surface area contributed by atoms with Crippen LogP contribution >= 0.6 is 34.8 Å². The molecule has 27 heavy (non-hydrogen) atoms. The van der Waals surface area contributed by atoms with Gasteiger partial charge in [0.25, 0.3) is 0 Å². The van der Waals surface area contributed by atoms with Crippen molar-refractivity contribution < 1.29 is 13.2 Å². The number of carbonyl (C=O) groups is 1. The molecular formula is C17H22Cl3N3O3S. The summed E-state index contributed by atoms with van der Waals surface area (Å²) in [7, 11) is -3.71. The van der Waals surface area contributed by atoms with E-state index in [1.807, 2.05) is 13.8 Å². The lowest BCUT2D eigenvalue weighted by Gasteiger charge is -2.36. The van der Waals surface area contributed by atoms with E-state index in [1.54, 1.807) is 21.9 Å². The van der Waals surface area contributed by atoms with Gasteiger partial charge in [0, 0.05) is 39.3 Å². The minimum atomic E-state index is -3.71. The summed E-state index contributed by atoms with van der Waals surface area (Å²) < 4.78 is 27.1. The van der Waals surface area contributed by atoms with Crippen molar-refractivity contribution in [2.75, 3.05) is 39.3 Å². The number of hydrogen-bond acceptors (Lipinski definition) is 3. The first-order valence-corrected chi connectivity index (χ1v) is 11.1. The second-order valence-corrected chi connectivity index (χ2v) is 9.21. The van der Waals surface area contributed by atoms with Crippen LogP contribution in [0.3, 0.4) is 0 Å². The fourth-order valence-electron chi connectivity index (χ4n) is 2.87. The van der Waals surface area contributed by atoms with Crippen molar-refractivity contribution in [1.29, 1.82) is 0 Å². The van der Waals surface area contributed by atoms with Crippen LogP contribution in [0.15, 0.2) is 33.7 Å². The second-order valence-electron chi connectivity index (χ2n) is 5.95. The molecule has 0 aromatic heterocycles. The van der Waals surface area contributed by atoms with E-state index in [9.17, 15) is 13.2 Å². The first-order valence-electron chi connectivity index (χ1n) is 8.57. The van der Waals surface area contributed by atoms with Crippen LogP contribution in [-0.2, 0) is 10.0 Å². The normalized spacial score (nSPS) is 15.5. The number of amides is 2. The molecule has 0 aliphatic carbocycles. The van der Waals surface area contributed by atoms with Gasteiger partial charge in [0.2, 0.25) is 10.0 Å². The van der Waals surface area contributed by atoms with Gasteiger partial charge in [0.1, 0.15) is 4.49 Å². The van der Waals surface area contributed by atoms with Crippen molar-refractivity contribution in [3.05, 3.63) is 34.3 Å². The molecule has 2 rings (SSSR count). The summed E-state index contributed by atoms with van der Waals surface area (Å²) in [4.78, 5) is 15.9. The Bertz CT molecular complexity index is 814. The average molecular weight is 455 g/mol. The second kappa shape index (κ2) is 9.47. The lowest BCUT2D eigenvalue weighted by Crippen LogP contribution is -2.53. The molecule has 0 atom stereocenters. The maximum Gasteiger partial charge on any atom is 0.320 e. The van der Waals surface area contributed by atoms with Gasteiger partial charge in [-0.05, 0) is 31.5 Å². The molecule has 2 amide bonds. The fourth-order valence-corrected chi connectivity index (χ4v) is 4.67. The highest BCUT2D eigenvalue weighted by Crippen LogP contribution is 2.30. The molecule has 150 valence electrons. The van der Waals surface area contributed by atoms with Gasteiger partial charge in [-0.3, -0.25) is 0 Å². The number of halogens is 3. The van der Waals surface area contributed by atoms with Crippen molar-refractivity contribution in [2.45, 2.75) is 18.7 Å². The maximum atomic E-state index is 12.9. The number of carbonyl (C=O) groups excluding carboxylic acids is 1. The van der Waals surface area contributed by atoms with E-state index in [0.29, 0.717) is 31.7 Å². The van der Waals surface area contributed by atoms with E-state index in [2.05, 4.69) is 0 Å². The smallest absolute Gasteiger partial charge is 0.320 e. The summed E-state index contributed by atoms with van der Waals surface area (Å²) in [5.41, 5.74) is 0.424. The molecule has 1 heterocycles. The molecule has 0 N–H and O–H groups in total. The Balaban J connectivity index is 2.15. The predicted octanol–water partition coefficient (Wildman–Crippen LogP) is 3.80. The van der Waals surface area contributed by atoms with Crippen LogP contribution in [-0.4, -0.2) is 67.8 Å². The van der Waals surface area contributed by atoms with E-state index in [0.717, 1.165) is 0 Å². The van der Waals surface area contributed by atoms with Gasteiger partial charge < -0.3 is 9.80 Å². The Hall–Kier alpha value is -0.990. The lowest BCUT2D eigenvalue weighted by atomic mass is 10.2. The van der Waals surface area contributed by atoms with E-state index >= 15 is 0 Å². The summed E-state index contributed by atoms with van der Waals surface area (Å²) in [5.74, 6) is 0. The molecule has 1 fully saturated rings. The van der Waals surface area contributed by atoms with Gasteiger partial charge in [-0.15, -0.1) is 0 Å². The zero-order valence-corrected chi connectivity index (χ0v) is 18.2. The van der Waals surface area contributed by atoms with E-state index in [-0.39, 0.29) is 33.5 Å². The zero-order valence-electron chi connectivity index (χ0n) is 15.2. The molecule has 1 saturated heterocycles. The molecule has 0 saturated carbocycles. The molecule has 6 nitrogen and oxygen atoms in total. The van der Waals surface area contributed by atoms with Crippen LogP contribution in [0.1, 0.15) is 19.4 Å². The highest BCUT2D eigenvalue weighted by Gasteiger charge is 2.31. The van der Waals surface area contributed by atoms with Crippen molar-refractivity contribution in [1.82, 2.24) is 14.1 Å².